The van der Waals surface area contributed by atoms with Gasteiger partial charge in [0.1, 0.15) is 5.60 Å². The number of carbonyl (C=O) groups excluding carboxylic acids is 1. The van der Waals surface area contributed by atoms with Gasteiger partial charge in [-0.25, -0.2) is 4.79 Å². The highest BCUT2D eigenvalue weighted by atomic mass is 16.6. The van der Waals surface area contributed by atoms with E-state index in [0.717, 1.165) is 31.7 Å². The van der Waals surface area contributed by atoms with E-state index in [9.17, 15) is 4.79 Å². The monoisotopic (exact) mass is 307 g/mol. The summed E-state index contributed by atoms with van der Waals surface area (Å²) >= 11 is 0. The van der Waals surface area contributed by atoms with Crippen LogP contribution in [0.25, 0.3) is 0 Å². The SMILES string of the molecule is CC(C)(C)OC(=O)N1CC(c2ccn(C3CCOCC3)n2)C1. The average molecular weight is 307 g/mol. The van der Waals surface area contributed by atoms with Gasteiger partial charge in [0.05, 0.1) is 11.7 Å². The molecule has 6 nitrogen and oxygen atoms in total. The molecule has 3 heterocycles. The number of hydrogen-bond acceptors (Lipinski definition) is 4. The van der Waals surface area contributed by atoms with Crippen molar-refractivity contribution in [3.05, 3.63) is 18.0 Å². The Kier molecular flexibility index (Phi) is 4.12. The van der Waals surface area contributed by atoms with Crippen molar-refractivity contribution < 1.29 is 14.3 Å². The number of carbonyl (C=O) groups is 1. The van der Waals surface area contributed by atoms with Crippen molar-refractivity contribution in [2.75, 3.05) is 26.3 Å². The third-order valence-corrected chi connectivity index (χ3v) is 4.15. The summed E-state index contributed by atoms with van der Waals surface area (Å²) < 4.78 is 12.8. The standard InChI is InChI=1S/C16H25N3O3/c1-16(2,3)22-15(20)18-10-12(11-18)14-4-7-19(17-14)13-5-8-21-9-6-13/h4,7,12-13H,5-6,8-11H2,1-3H3. The van der Waals surface area contributed by atoms with Gasteiger partial charge in [0, 0.05) is 38.4 Å². The number of likely N-dealkylation sites (tertiary alicyclic amines) is 1. The maximum absolute atomic E-state index is 11.9. The highest BCUT2D eigenvalue weighted by Crippen LogP contribution is 2.28. The van der Waals surface area contributed by atoms with Gasteiger partial charge in [-0.05, 0) is 39.7 Å². The number of amides is 1. The minimum atomic E-state index is -0.438. The first-order valence-electron chi connectivity index (χ1n) is 8.03. The molecule has 0 unspecified atom stereocenters. The molecule has 2 saturated heterocycles. The van der Waals surface area contributed by atoms with Crippen molar-refractivity contribution in [1.29, 1.82) is 0 Å². The molecule has 0 bridgehead atoms. The van der Waals surface area contributed by atoms with Gasteiger partial charge in [-0.3, -0.25) is 4.68 Å². The number of nitrogens with zero attached hydrogens (tertiary/aromatic N) is 3. The third kappa shape index (κ3) is 3.43. The molecule has 122 valence electrons. The van der Waals surface area contributed by atoms with Crippen LogP contribution in [0, 0.1) is 0 Å². The van der Waals surface area contributed by atoms with Crippen LogP contribution >= 0.6 is 0 Å². The Morgan fingerprint density at radius 3 is 2.64 bits per heavy atom. The minimum absolute atomic E-state index is 0.229. The van der Waals surface area contributed by atoms with Crippen molar-refractivity contribution in [3.63, 3.8) is 0 Å². The van der Waals surface area contributed by atoms with Gasteiger partial charge in [0.2, 0.25) is 0 Å². The van der Waals surface area contributed by atoms with Crippen molar-refractivity contribution in [2.24, 2.45) is 0 Å². The molecule has 1 amide bonds. The molecule has 0 N–H and O–H groups in total. The molecule has 6 heteroatoms. The molecule has 2 aliphatic rings. The highest BCUT2D eigenvalue weighted by molar-refractivity contribution is 5.69. The molecule has 0 spiro atoms. The summed E-state index contributed by atoms with van der Waals surface area (Å²) in [6.07, 6.45) is 3.88. The maximum atomic E-state index is 11.9. The Balaban J connectivity index is 1.52. The maximum Gasteiger partial charge on any atom is 0.410 e. The van der Waals surface area contributed by atoms with Crippen LogP contribution in [0.1, 0.15) is 51.3 Å². The van der Waals surface area contributed by atoms with Crippen LogP contribution in [0.4, 0.5) is 4.79 Å². The van der Waals surface area contributed by atoms with Crippen LogP contribution < -0.4 is 0 Å². The molecular formula is C16H25N3O3. The third-order valence-electron chi connectivity index (χ3n) is 4.15. The Hall–Kier alpha value is -1.56. The zero-order valence-electron chi connectivity index (χ0n) is 13.6. The first kappa shape index (κ1) is 15.3. The van der Waals surface area contributed by atoms with Crippen molar-refractivity contribution in [2.45, 2.75) is 51.2 Å². The molecule has 22 heavy (non-hydrogen) atoms. The van der Waals surface area contributed by atoms with E-state index < -0.39 is 5.60 Å². The van der Waals surface area contributed by atoms with E-state index in [1.807, 2.05) is 20.8 Å². The summed E-state index contributed by atoms with van der Waals surface area (Å²) in [7, 11) is 0. The van der Waals surface area contributed by atoms with E-state index >= 15 is 0 Å². The summed E-state index contributed by atoms with van der Waals surface area (Å²) in [5, 5.41) is 4.71. The largest absolute Gasteiger partial charge is 0.444 e. The molecule has 1 aromatic heterocycles. The van der Waals surface area contributed by atoms with E-state index in [-0.39, 0.29) is 6.09 Å². The lowest BCUT2D eigenvalue weighted by molar-refractivity contribution is 0.00773. The fourth-order valence-electron chi connectivity index (χ4n) is 2.86. The van der Waals surface area contributed by atoms with Crippen LogP contribution in [-0.2, 0) is 9.47 Å². The van der Waals surface area contributed by atoms with Gasteiger partial charge in [0.25, 0.3) is 0 Å². The topological polar surface area (TPSA) is 56.6 Å². The molecular weight excluding hydrogens is 282 g/mol. The van der Waals surface area contributed by atoms with Crippen LogP contribution in [-0.4, -0.2) is 52.7 Å². The molecule has 0 aliphatic carbocycles. The Morgan fingerprint density at radius 1 is 1.32 bits per heavy atom. The van der Waals surface area contributed by atoms with E-state index in [4.69, 9.17) is 14.6 Å². The zero-order valence-corrected chi connectivity index (χ0v) is 13.6. The summed E-state index contributed by atoms with van der Waals surface area (Å²) in [6, 6.07) is 2.52. The Morgan fingerprint density at radius 2 is 2.00 bits per heavy atom. The molecule has 0 radical (unpaired) electrons. The van der Waals surface area contributed by atoms with Gasteiger partial charge < -0.3 is 14.4 Å². The van der Waals surface area contributed by atoms with E-state index in [1.165, 1.54) is 0 Å². The molecule has 1 aromatic rings. The molecule has 2 aliphatic heterocycles. The van der Waals surface area contributed by atoms with Gasteiger partial charge in [-0.2, -0.15) is 5.10 Å². The first-order valence-corrected chi connectivity index (χ1v) is 8.03. The smallest absolute Gasteiger partial charge is 0.410 e. The van der Waals surface area contributed by atoms with Crippen LogP contribution in [0.3, 0.4) is 0 Å². The van der Waals surface area contributed by atoms with Crippen molar-refractivity contribution >= 4 is 6.09 Å². The van der Waals surface area contributed by atoms with E-state index in [0.29, 0.717) is 25.0 Å². The number of rotatable bonds is 2. The predicted molar refractivity (Wildman–Crippen MR) is 81.9 cm³/mol. The fourth-order valence-corrected chi connectivity index (χ4v) is 2.86. The van der Waals surface area contributed by atoms with Crippen LogP contribution in [0.15, 0.2) is 12.3 Å². The quantitative estimate of drug-likeness (QED) is 0.842. The molecule has 2 fully saturated rings. The van der Waals surface area contributed by atoms with E-state index in [2.05, 4.69) is 16.9 Å². The Labute approximate surface area is 131 Å². The van der Waals surface area contributed by atoms with E-state index in [1.54, 1.807) is 4.90 Å². The summed E-state index contributed by atoms with van der Waals surface area (Å²) in [5.41, 5.74) is 0.638. The lowest BCUT2D eigenvalue weighted by Crippen LogP contribution is -2.50. The molecule has 0 atom stereocenters. The zero-order chi connectivity index (χ0) is 15.7. The first-order chi connectivity index (χ1) is 10.4. The second-order valence-corrected chi connectivity index (χ2v) is 7.15. The minimum Gasteiger partial charge on any atom is -0.444 e. The van der Waals surface area contributed by atoms with Gasteiger partial charge in [0.15, 0.2) is 0 Å². The number of aromatic nitrogens is 2. The van der Waals surface area contributed by atoms with Crippen LogP contribution in [0.2, 0.25) is 0 Å². The summed E-state index contributed by atoms with van der Waals surface area (Å²) in [4.78, 5) is 13.7. The summed E-state index contributed by atoms with van der Waals surface area (Å²) in [5.74, 6) is 0.327. The van der Waals surface area contributed by atoms with Gasteiger partial charge in [-0.1, -0.05) is 0 Å². The molecule has 0 saturated carbocycles. The Bertz CT molecular complexity index is 523. The average Bonchev–Trinajstić information content (AvgIpc) is 2.85. The highest BCUT2D eigenvalue weighted by Gasteiger charge is 2.36. The van der Waals surface area contributed by atoms with Crippen molar-refractivity contribution in [3.8, 4) is 0 Å². The predicted octanol–water partition coefficient (Wildman–Crippen LogP) is 2.57. The second-order valence-electron chi connectivity index (χ2n) is 7.15. The van der Waals surface area contributed by atoms with Crippen molar-refractivity contribution in [1.82, 2.24) is 14.7 Å². The molecule has 0 aromatic carbocycles. The van der Waals surface area contributed by atoms with Crippen LogP contribution in [0.5, 0.6) is 0 Å². The fraction of sp³-hybridized carbons (Fsp3) is 0.750. The normalized spacial score (nSPS) is 20.8. The lowest BCUT2D eigenvalue weighted by Gasteiger charge is -2.39. The molecule has 3 rings (SSSR count). The number of ether oxygens (including phenoxy) is 2. The second kappa shape index (κ2) is 5.91. The van der Waals surface area contributed by atoms with Gasteiger partial charge >= 0.3 is 6.09 Å². The number of hydrogen-bond donors (Lipinski definition) is 0. The van der Waals surface area contributed by atoms with Gasteiger partial charge in [-0.15, -0.1) is 0 Å². The summed E-state index contributed by atoms with van der Waals surface area (Å²) in [6.45, 7) is 8.68. The lowest BCUT2D eigenvalue weighted by atomic mass is 9.97.